The second-order valence-electron chi connectivity index (χ2n) is 38.9. The monoisotopic (exact) mass is 1950 g/mol. The molecule has 6 aliphatic heterocycles. The lowest BCUT2D eigenvalue weighted by atomic mass is 9.85. The van der Waals surface area contributed by atoms with Crippen LogP contribution in [-0.2, 0) is 80.1 Å². The minimum absolute atomic E-state index is 0.102. The molecule has 20 rings (SSSR count). The number of ether oxygens (including phenoxy) is 1. The molecule has 2 fully saturated rings. The Hall–Kier alpha value is -14.8. The maximum absolute atomic E-state index is 12.6. The molecule has 146 heavy (non-hydrogen) atoms. The highest BCUT2D eigenvalue weighted by molar-refractivity contribution is 6.03. The lowest BCUT2D eigenvalue weighted by Gasteiger charge is -2.21. The third-order valence-corrected chi connectivity index (χ3v) is 29.6. The highest BCUT2D eigenvalue weighted by atomic mass is 16.5. The predicted molar refractivity (Wildman–Crippen MR) is 582 cm³/mol. The van der Waals surface area contributed by atoms with Crippen molar-refractivity contribution >= 4 is 86.9 Å². The molecule has 0 atom stereocenters. The van der Waals surface area contributed by atoms with Crippen LogP contribution in [0, 0.1) is 18.8 Å². The molecule has 1 saturated carbocycles. The molecule has 13 aromatic rings. The van der Waals surface area contributed by atoms with Gasteiger partial charge < -0.3 is 29.2 Å². The van der Waals surface area contributed by atoms with Crippen LogP contribution in [0.15, 0.2) is 274 Å². The van der Waals surface area contributed by atoms with Crippen LogP contribution in [0.5, 0.6) is 0 Å². The number of carbonyl (C=O) groups is 10. The summed E-state index contributed by atoms with van der Waals surface area (Å²) >= 11 is 0. The summed E-state index contributed by atoms with van der Waals surface area (Å²) in [4.78, 5) is 141. The molecule has 10 aromatic carbocycles. The lowest BCUT2D eigenvalue weighted by molar-refractivity contribution is -0.119. The van der Waals surface area contributed by atoms with E-state index in [1.165, 1.54) is 65.5 Å². The Morgan fingerprint density at radius 3 is 0.904 bits per heavy atom. The van der Waals surface area contributed by atoms with Gasteiger partial charge in [0.2, 0.25) is 29.5 Å². The van der Waals surface area contributed by atoms with Crippen LogP contribution in [0.3, 0.4) is 0 Å². The van der Waals surface area contributed by atoms with Gasteiger partial charge in [-0.15, -0.1) is 0 Å². The number of benzene rings is 10. The molecule has 0 bridgehead atoms. The van der Waals surface area contributed by atoms with Crippen LogP contribution in [0.1, 0.15) is 259 Å². The van der Waals surface area contributed by atoms with Crippen LogP contribution in [0.2, 0.25) is 0 Å². The normalized spacial score (nSPS) is 14.2. The molecular formula is C126H133N9O11. The van der Waals surface area contributed by atoms with Gasteiger partial charge in [-0.05, 0) is 281 Å². The van der Waals surface area contributed by atoms with Crippen molar-refractivity contribution in [2.24, 2.45) is 11.8 Å². The van der Waals surface area contributed by atoms with Gasteiger partial charge in [0.05, 0.1) is 5.69 Å². The number of Topliss-reactive ketones (excluding diaryl/α,β-unsaturated/α-hetero) is 5. The quantitative estimate of drug-likeness (QED) is 0.0380. The van der Waals surface area contributed by atoms with Gasteiger partial charge in [0.1, 0.15) is 0 Å². The van der Waals surface area contributed by atoms with Gasteiger partial charge in [-0.2, -0.15) is 10.2 Å². The first-order chi connectivity index (χ1) is 71.2. The van der Waals surface area contributed by atoms with E-state index in [9.17, 15) is 47.9 Å². The first-order valence-corrected chi connectivity index (χ1v) is 52.7. The van der Waals surface area contributed by atoms with Gasteiger partial charge in [0.15, 0.2) is 28.9 Å². The van der Waals surface area contributed by atoms with Crippen molar-refractivity contribution in [1.82, 2.24) is 20.2 Å². The average Bonchev–Trinajstić information content (AvgIpc) is 1.65. The molecule has 20 heteroatoms. The Morgan fingerprint density at radius 2 is 0.603 bits per heavy atom. The van der Waals surface area contributed by atoms with Crippen LogP contribution >= 0.6 is 0 Å². The van der Waals surface area contributed by atoms with E-state index < -0.39 is 0 Å². The van der Waals surface area contributed by atoms with Crippen LogP contribution in [0.4, 0.5) is 28.4 Å². The summed E-state index contributed by atoms with van der Waals surface area (Å²) in [6.07, 6.45) is 29.5. The van der Waals surface area contributed by atoms with E-state index in [0.717, 1.165) is 233 Å². The Labute approximate surface area is 858 Å². The number of carbonyl (C=O) groups excluding carboxylic acids is 10. The summed E-state index contributed by atoms with van der Waals surface area (Å²) in [6, 6.07) is 82.2. The lowest BCUT2D eigenvalue weighted by Crippen LogP contribution is -2.27. The van der Waals surface area contributed by atoms with Crippen LogP contribution in [0.25, 0.3) is 55.6 Å². The van der Waals surface area contributed by atoms with Crippen LogP contribution in [-0.4, -0.2) is 125 Å². The number of hydrogen-bond donors (Lipinski definition) is 0. The molecule has 1 aliphatic carbocycles. The summed E-state index contributed by atoms with van der Waals surface area (Å²) in [5.41, 5.74) is 30.2. The minimum atomic E-state index is 0.102. The number of fused-ring (bicyclic) bond motifs is 5. The first kappa shape index (κ1) is 104. The number of nitrogens with zero attached hydrogens (tertiary/aromatic N) is 9. The fourth-order valence-electron chi connectivity index (χ4n) is 20.8. The Balaban J connectivity index is 0.000000131. The Morgan fingerprint density at radius 1 is 0.301 bits per heavy atom. The molecule has 0 unspecified atom stereocenters. The molecule has 9 heterocycles. The Bertz CT molecular complexity index is 6470. The number of pyridine rings is 2. The molecule has 7 aliphatic rings. The summed E-state index contributed by atoms with van der Waals surface area (Å²) in [5, 5.41) is 7.86. The van der Waals surface area contributed by atoms with E-state index in [1.54, 1.807) is 18.6 Å². The van der Waals surface area contributed by atoms with Gasteiger partial charge >= 0.3 is 0 Å². The van der Waals surface area contributed by atoms with Gasteiger partial charge in [-0.3, -0.25) is 57.9 Å². The molecule has 1 saturated heterocycles. The topological polar surface area (TPSA) is 248 Å². The fourth-order valence-corrected chi connectivity index (χ4v) is 20.8. The molecule has 0 N–H and O–H groups in total. The number of ketones is 5. The SMILES string of the molecule is CCC(=O)N1CCc2cc(-c3ccc(C(=O)CCC4CCCCC4)cc3)ccc21.CCC(=O)N1CCc2cc(-c3ccc(C(=O)CCC4CCOCC4)cc3)ccc21.CCC(=O)N1CCc2cc(-c3ccc(C(=O)CCc4ccccn4)cc3)ccc21.CCC(=O)N1CCc2cc(-c3ccc(C(=O)CCc4cccnn4)cc3)ccc21.CCC(=O)N1CCc2cc(-c3ccc(C(=O)CCc4cnccc4C)cc3)ccc21. The molecule has 20 nitrogen and oxygen atoms in total. The van der Waals surface area contributed by atoms with Crippen molar-refractivity contribution < 1.29 is 52.7 Å². The predicted octanol–water partition coefficient (Wildman–Crippen LogP) is 25.5. The van der Waals surface area contributed by atoms with Crippen molar-refractivity contribution in [2.75, 3.05) is 70.4 Å². The molecule has 748 valence electrons. The van der Waals surface area contributed by atoms with Crippen molar-refractivity contribution in [2.45, 2.75) is 215 Å². The minimum Gasteiger partial charge on any atom is -0.381 e. The van der Waals surface area contributed by atoms with E-state index in [2.05, 4.69) is 99.0 Å². The van der Waals surface area contributed by atoms with E-state index in [1.807, 2.05) is 242 Å². The van der Waals surface area contributed by atoms with Crippen molar-refractivity contribution in [3.05, 3.63) is 352 Å². The molecule has 0 spiro atoms. The van der Waals surface area contributed by atoms with E-state index in [0.29, 0.717) is 95.0 Å². The van der Waals surface area contributed by atoms with Crippen LogP contribution < -0.4 is 24.5 Å². The average molecular weight is 1950 g/mol. The number of hydrogen-bond acceptors (Lipinski definition) is 15. The number of aryl methyl sites for hydroxylation is 4. The molecule has 5 amide bonds. The fraction of sp³-hybridized carbons (Fsp3) is 0.333. The zero-order chi connectivity index (χ0) is 102. The molecular weight excluding hydrogens is 1820 g/mol. The third-order valence-electron chi connectivity index (χ3n) is 29.6. The maximum atomic E-state index is 12.6. The van der Waals surface area contributed by atoms with Crippen molar-refractivity contribution in [3.8, 4) is 55.6 Å². The summed E-state index contributed by atoms with van der Waals surface area (Å²) in [5.74, 6) is 3.12. The zero-order valence-corrected chi connectivity index (χ0v) is 85.2. The van der Waals surface area contributed by atoms with E-state index >= 15 is 0 Å². The van der Waals surface area contributed by atoms with E-state index in [-0.39, 0.29) is 58.5 Å². The largest absolute Gasteiger partial charge is 0.381 e. The zero-order valence-electron chi connectivity index (χ0n) is 85.2. The van der Waals surface area contributed by atoms with Gasteiger partial charge in [0.25, 0.3) is 0 Å². The number of anilines is 5. The second-order valence-corrected chi connectivity index (χ2v) is 38.9. The number of amides is 5. The highest BCUT2D eigenvalue weighted by Crippen LogP contribution is 2.41. The summed E-state index contributed by atoms with van der Waals surface area (Å²) in [7, 11) is 0. The number of aromatic nitrogens is 4. The summed E-state index contributed by atoms with van der Waals surface area (Å²) in [6.45, 7) is 17.0. The highest BCUT2D eigenvalue weighted by Gasteiger charge is 2.31. The standard InChI is InChI=1S/C26H26N2O2.C26H31NO2.C25H24N2O2.C25H29NO3.C24H23N3O2/c1-3-26(30)28-15-13-22-16-21(8-10-24(22)28)19-4-6-20(7-5-19)25(29)11-9-23-17-27-14-12-18(23)2;1-2-26(29)27-17-16-23-18-22(13-14-24(23)27)20-9-11-21(12-10-20)25(28)15-8-19-6-4-3-5-7-19;1-2-25(29)27-16-14-21-17-20(10-12-23(21)27)18-6-8-19(9-7-18)24(28)13-11-22-5-3-4-15-26-22;1-2-25(28)26-14-11-22-17-21(8-9-23(22)26)19-4-6-20(7-5-19)24(27)10-3-18-12-15-29-16-13-18;1-2-24(29)27-15-13-20-16-19(9-11-22(20)27)17-5-7-18(8-6-17)23(28)12-10-21-4-3-14-25-26-21/h4-8,10,12,14,16-17H,3,9,11,13,15H2,1-2H3;9-14,18-19H,2-8,15-17H2,1H3;3-10,12,15,17H,2,11,13-14,16H2,1H3;4-9,17-18H,2-3,10-16H2,1H3;3-9,11,14,16H,2,10,12-13,15H2,1H3. The van der Waals surface area contributed by atoms with Crippen molar-refractivity contribution in [1.29, 1.82) is 0 Å². The second kappa shape index (κ2) is 50.7. The summed E-state index contributed by atoms with van der Waals surface area (Å²) < 4.78 is 5.39. The molecule has 3 aromatic heterocycles. The van der Waals surface area contributed by atoms with Crippen molar-refractivity contribution in [3.63, 3.8) is 0 Å². The smallest absolute Gasteiger partial charge is 0.226 e. The third kappa shape index (κ3) is 26.5. The molecule has 0 radical (unpaired) electrons. The maximum Gasteiger partial charge on any atom is 0.226 e. The Kier molecular flexibility index (Phi) is 36.1. The number of rotatable bonds is 30. The van der Waals surface area contributed by atoms with Gasteiger partial charge in [-0.25, -0.2) is 0 Å². The van der Waals surface area contributed by atoms with E-state index in [4.69, 9.17) is 4.74 Å². The van der Waals surface area contributed by atoms with Gasteiger partial charge in [0, 0.05) is 197 Å². The van der Waals surface area contributed by atoms with Gasteiger partial charge in [-0.1, -0.05) is 224 Å². The first-order valence-electron chi connectivity index (χ1n) is 52.7.